The molecule has 0 amide bonds. The Bertz CT molecular complexity index is 108. The van der Waals surface area contributed by atoms with E-state index in [1.54, 1.807) is 0 Å². The Labute approximate surface area is 69.1 Å². The Hall–Kier alpha value is -0.0800. The van der Waals surface area contributed by atoms with Crippen molar-refractivity contribution in [2.75, 3.05) is 19.8 Å². The van der Waals surface area contributed by atoms with Crippen molar-refractivity contribution in [3.05, 3.63) is 0 Å². The van der Waals surface area contributed by atoms with E-state index in [1.165, 1.54) is 25.7 Å². The number of hydrogen-bond acceptors (Lipinski definition) is 2. The maximum absolute atomic E-state index is 5.44. The van der Waals surface area contributed by atoms with Gasteiger partial charge < -0.3 is 10.5 Å². The van der Waals surface area contributed by atoms with Crippen LogP contribution in [0.1, 0.15) is 32.6 Å². The predicted octanol–water partition coefficient (Wildman–Crippen LogP) is 1.54. The molecule has 0 aromatic rings. The van der Waals surface area contributed by atoms with Crippen molar-refractivity contribution in [3.63, 3.8) is 0 Å². The van der Waals surface area contributed by atoms with Crippen LogP contribution in [0.5, 0.6) is 0 Å². The molecule has 66 valence electrons. The predicted molar refractivity (Wildman–Crippen MR) is 46.4 cm³/mol. The molecule has 0 bridgehead atoms. The summed E-state index contributed by atoms with van der Waals surface area (Å²) in [6.45, 7) is 4.59. The lowest BCUT2D eigenvalue weighted by molar-refractivity contribution is 0.0611. The van der Waals surface area contributed by atoms with Gasteiger partial charge in [-0.1, -0.05) is 19.8 Å². The second-order valence-corrected chi connectivity index (χ2v) is 3.86. The summed E-state index contributed by atoms with van der Waals surface area (Å²) < 4.78 is 5.44. The quantitative estimate of drug-likeness (QED) is 0.628. The maximum Gasteiger partial charge on any atom is 0.0588 e. The van der Waals surface area contributed by atoms with Gasteiger partial charge in [-0.05, 0) is 18.3 Å². The van der Waals surface area contributed by atoms with Crippen molar-refractivity contribution in [2.24, 2.45) is 11.1 Å². The van der Waals surface area contributed by atoms with E-state index in [0.29, 0.717) is 12.0 Å². The molecule has 2 heteroatoms. The summed E-state index contributed by atoms with van der Waals surface area (Å²) in [7, 11) is 0. The zero-order valence-electron chi connectivity index (χ0n) is 7.44. The Morgan fingerprint density at radius 2 is 2.00 bits per heavy atom. The van der Waals surface area contributed by atoms with Crippen molar-refractivity contribution in [3.8, 4) is 0 Å². The van der Waals surface area contributed by atoms with Gasteiger partial charge in [0.2, 0.25) is 0 Å². The lowest BCUT2D eigenvalue weighted by Gasteiger charge is -2.22. The van der Waals surface area contributed by atoms with E-state index >= 15 is 0 Å². The number of rotatable bonds is 4. The Morgan fingerprint density at radius 1 is 1.36 bits per heavy atom. The Balaban J connectivity index is 2.13. The second kappa shape index (κ2) is 4.07. The van der Waals surface area contributed by atoms with E-state index in [4.69, 9.17) is 10.5 Å². The van der Waals surface area contributed by atoms with Crippen molar-refractivity contribution < 1.29 is 4.74 Å². The van der Waals surface area contributed by atoms with Gasteiger partial charge >= 0.3 is 0 Å². The van der Waals surface area contributed by atoms with E-state index in [0.717, 1.165) is 13.2 Å². The van der Waals surface area contributed by atoms with Gasteiger partial charge in [0.15, 0.2) is 0 Å². The summed E-state index contributed by atoms with van der Waals surface area (Å²) in [6, 6.07) is 0. The monoisotopic (exact) mass is 157 g/mol. The first-order valence-corrected chi connectivity index (χ1v) is 4.55. The summed E-state index contributed by atoms with van der Waals surface area (Å²) in [5.41, 5.74) is 5.80. The van der Waals surface area contributed by atoms with Gasteiger partial charge in [0.1, 0.15) is 0 Å². The van der Waals surface area contributed by atoms with Crippen LogP contribution in [0.4, 0.5) is 0 Å². The van der Waals surface area contributed by atoms with E-state index in [2.05, 4.69) is 6.92 Å². The van der Waals surface area contributed by atoms with Crippen LogP contribution >= 0.6 is 0 Å². The van der Waals surface area contributed by atoms with Crippen molar-refractivity contribution >= 4 is 0 Å². The van der Waals surface area contributed by atoms with E-state index < -0.39 is 0 Å². The molecule has 0 heterocycles. The molecule has 1 rings (SSSR count). The topological polar surface area (TPSA) is 35.2 Å². The summed E-state index contributed by atoms with van der Waals surface area (Å²) in [4.78, 5) is 0. The minimum Gasteiger partial charge on any atom is -0.380 e. The third-order valence-corrected chi connectivity index (χ3v) is 2.52. The molecule has 0 radical (unpaired) electrons. The fraction of sp³-hybridized carbons (Fsp3) is 1.00. The van der Waals surface area contributed by atoms with Crippen LogP contribution < -0.4 is 5.73 Å². The highest BCUT2D eigenvalue weighted by atomic mass is 16.5. The van der Waals surface area contributed by atoms with Crippen LogP contribution in [0.2, 0.25) is 0 Å². The molecule has 0 spiro atoms. The average Bonchev–Trinajstić information content (AvgIpc) is 2.38. The smallest absolute Gasteiger partial charge is 0.0588 e. The lowest BCUT2D eigenvalue weighted by Crippen LogP contribution is -2.21. The van der Waals surface area contributed by atoms with Crippen LogP contribution in [-0.2, 0) is 4.74 Å². The number of ether oxygens (including phenoxy) is 1. The van der Waals surface area contributed by atoms with Crippen LogP contribution in [-0.4, -0.2) is 19.8 Å². The zero-order valence-corrected chi connectivity index (χ0v) is 7.44. The number of nitrogens with two attached hydrogens (primary N) is 1. The second-order valence-electron chi connectivity index (χ2n) is 3.86. The molecule has 0 unspecified atom stereocenters. The molecular formula is C9H19NO. The summed E-state index contributed by atoms with van der Waals surface area (Å²) in [5.74, 6) is 0. The zero-order chi connectivity index (χ0) is 8.16. The van der Waals surface area contributed by atoms with Crippen molar-refractivity contribution in [2.45, 2.75) is 32.6 Å². The summed E-state index contributed by atoms with van der Waals surface area (Å²) in [5, 5.41) is 0. The molecule has 0 aromatic carbocycles. The minimum atomic E-state index is 0.467. The molecule has 0 aliphatic heterocycles. The van der Waals surface area contributed by atoms with Crippen LogP contribution in [0.25, 0.3) is 0 Å². The van der Waals surface area contributed by atoms with Gasteiger partial charge in [-0.25, -0.2) is 0 Å². The fourth-order valence-corrected chi connectivity index (χ4v) is 1.77. The van der Waals surface area contributed by atoms with Crippen LogP contribution in [0.15, 0.2) is 0 Å². The average molecular weight is 157 g/mol. The Morgan fingerprint density at radius 3 is 2.55 bits per heavy atom. The standard InChI is InChI=1S/C9H19NO/c1-9(4-2-3-5-9)8-11-7-6-10/h2-8,10H2,1H3. The minimum absolute atomic E-state index is 0.467. The van der Waals surface area contributed by atoms with E-state index in [9.17, 15) is 0 Å². The van der Waals surface area contributed by atoms with Gasteiger partial charge in [-0.3, -0.25) is 0 Å². The molecule has 1 aliphatic rings. The third-order valence-electron chi connectivity index (χ3n) is 2.52. The van der Waals surface area contributed by atoms with Gasteiger partial charge in [0.25, 0.3) is 0 Å². The maximum atomic E-state index is 5.44. The molecule has 1 aliphatic carbocycles. The highest BCUT2D eigenvalue weighted by Crippen LogP contribution is 2.37. The lowest BCUT2D eigenvalue weighted by atomic mass is 9.90. The van der Waals surface area contributed by atoms with Crippen LogP contribution in [0.3, 0.4) is 0 Å². The van der Waals surface area contributed by atoms with Gasteiger partial charge in [-0.2, -0.15) is 0 Å². The highest BCUT2D eigenvalue weighted by Gasteiger charge is 2.28. The van der Waals surface area contributed by atoms with Gasteiger partial charge in [0.05, 0.1) is 13.2 Å². The molecule has 0 aromatic heterocycles. The summed E-state index contributed by atoms with van der Waals surface area (Å²) >= 11 is 0. The largest absolute Gasteiger partial charge is 0.380 e. The SMILES string of the molecule is CC1(COCCN)CCCC1. The van der Waals surface area contributed by atoms with Crippen molar-refractivity contribution in [1.82, 2.24) is 0 Å². The van der Waals surface area contributed by atoms with Crippen LogP contribution in [0, 0.1) is 5.41 Å². The highest BCUT2D eigenvalue weighted by molar-refractivity contribution is 4.79. The van der Waals surface area contributed by atoms with E-state index in [-0.39, 0.29) is 0 Å². The van der Waals surface area contributed by atoms with Crippen molar-refractivity contribution in [1.29, 1.82) is 0 Å². The molecule has 2 N–H and O–H groups in total. The molecule has 1 fully saturated rings. The molecule has 0 saturated heterocycles. The Kier molecular flexibility index (Phi) is 3.34. The fourth-order valence-electron chi connectivity index (χ4n) is 1.77. The first kappa shape index (κ1) is 9.01. The first-order chi connectivity index (χ1) is 5.27. The molecule has 2 nitrogen and oxygen atoms in total. The van der Waals surface area contributed by atoms with E-state index in [1.807, 2.05) is 0 Å². The molecular weight excluding hydrogens is 138 g/mol. The number of hydrogen-bond donors (Lipinski definition) is 1. The molecule has 11 heavy (non-hydrogen) atoms. The third kappa shape index (κ3) is 2.80. The molecule has 0 atom stereocenters. The van der Waals surface area contributed by atoms with Gasteiger partial charge in [0, 0.05) is 6.54 Å². The normalized spacial score (nSPS) is 22.4. The summed E-state index contributed by atoms with van der Waals surface area (Å²) in [6.07, 6.45) is 5.42. The molecule has 1 saturated carbocycles. The first-order valence-electron chi connectivity index (χ1n) is 4.55. The van der Waals surface area contributed by atoms with Gasteiger partial charge in [-0.15, -0.1) is 0 Å².